The Hall–Kier alpha value is -0.580. The van der Waals surface area contributed by atoms with Crippen LogP contribution in [-0.2, 0) is 6.54 Å². The van der Waals surface area contributed by atoms with Crippen molar-refractivity contribution in [2.45, 2.75) is 59.2 Å². The Morgan fingerprint density at radius 3 is 2.24 bits per heavy atom. The van der Waals surface area contributed by atoms with Crippen molar-refractivity contribution in [3.8, 4) is 0 Å². The number of anilines is 1. The predicted molar refractivity (Wildman–Crippen MR) is 94.9 cm³/mol. The third-order valence-corrected chi connectivity index (χ3v) is 3.91. The van der Waals surface area contributed by atoms with E-state index in [1.54, 1.807) is 0 Å². The second-order valence-electron chi connectivity index (χ2n) is 7.21. The zero-order valence-corrected chi connectivity index (χ0v) is 15.7. The molecule has 0 unspecified atom stereocenters. The van der Waals surface area contributed by atoms with E-state index >= 15 is 0 Å². The number of likely N-dealkylation sites (N-methyl/N-ethyl adjacent to an activating group) is 1. The third kappa shape index (κ3) is 6.81. The molecule has 0 atom stereocenters. The van der Waals surface area contributed by atoms with Gasteiger partial charge < -0.3 is 15.3 Å². The fraction of sp³-hybridized carbons (Fsp3) is 0.647. The molecule has 1 aromatic carbocycles. The Labute approximate surface area is 137 Å². The molecule has 0 heterocycles. The maximum atomic E-state index is 10.0. The molecule has 120 valence electrons. The SMILES string of the molecule is CCN(CC(C)(C)O)c1ccc(CNC(C)(C)C)c(Br)c1. The summed E-state index contributed by atoms with van der Waals surface area (Å²) >= 11 is 3.66. The summed E-state index contributed by atoms with van der Waals surface area (Å²) in [5.41, 5.74) is 1.78. The van der Waals surface area contributed by atoms with Crippen LogP contribution in [0.4, 0.5) is 5.69 Å². The normalized spacial score (nSPS) is 12.6. The van der Waals surface area contributed by atoms with Crippen LogP contribution in [0, 0.1) is 0 Å². The van der Waals surface area contributed by atoms with Gasteiger partial charge in [0, 0.05) is 35.3 Å². The third-order valence-electron chi connectivity index (χ3n) is 3.17. The van der Waals surface area contributed by atoms with Gasteiger partial charge in [-0.25, -0.2) is 0 Å². The summed E-state index contributed by atoms with van der Waals surface area (Å²) in [6.07, 6.45) is 0. The fourth-order valence-electron chi connectivity index (χ4n) is 2.09. The summed E-state index contributed by atoms with van der Waals surface area (Å²) in [6.45, 7) is 14.6. The van der Waals surface area contributed by atoms with Gasteiger partial charge in [-0.15, -0.1) is 0 Å². The second kappa shape index (κ2) is 7.12. The molecule has 4 heteroatoms. The molecule has 0 aromatic heterocycles. The van der Waals surface area contributed by atoms with Crippen molar-refractivity contribution in [2.24, 2.45) is 0 Å². The van der Waals surface area contributed by atoms with Crippen LogP contribution in [0.1, 0.15) is 47.1 Å². The first-order chi connectivity index (χ1) is 9.52. The number of benzene rings is 1. The van der Waals surface area contributed by atoms with Crippen LogP contribution in [0.25, 0.3) is 0 Å². The molecule has 0 bridgehead atoms. The van der Waals surface area contributed by atoms with E-state index < -0.39 is 5.60 Å². The van der Waals surface area contributed by atoms with Crippen molar-refractivity contribution in [2.75, 3.05) is 18.0 Å². The second-order valence-corrected chi connectivity index (χ2v) is 8.06. The van der Waals surface area contributed by atoms with E-state index in [-0.39, 0.29) is 5.54 Å². The zero-order valence-electron chi connectivity index (χ0n) is 14.1. The van der Waals surface area contributed by atoms with Gasteiger partial charge in [-0.05, 0) is 59.2 Å². The maximum Gasteiger partial charge on any atom is 0.0765 e. The van der Waals surface area contributed by atoms with Crippen LogP contribution >= 0.6 is 15.9 Å². The number of hydrogen-bond donors (Lipinski definition) is 2. The van der Waals surface area contributed by atoms with Crippen LogP contribution in [0.5, 0.6) is 0 Å². The van der Waals surface area contributed by atoms with E-state index in [2.05, 4.69) is 72.0 Å². The van der Waals surface area contributed by atoms with Gasteiger partial charge >= 0.3 is 0 Å². The summed E-state index contributed by atoms with van der Waals surface area (Å²) in [6, 6.07) is 6.40. The molecule has 1 aromatic rings. The summed E-state index contributed by atoms with van der Waals surface area (Å²) in [5.74, 6) is 0. The van der Waals surface area contributed by atoms with E-state index in [0.29, 0.717) is 6.54 Å². The quantitative estimate of drug-likeness (QED) is 0.810. The molecule has 1 rings (SSSR count). The van der Waals surface area contributed by atoms with E-state index in [0.717, 1.165) is 23.2 Å². The Morgan fingerprint density at radius 1 is 1.19 bits per heavy atom. The van der Waals surface area contributed by atoms with E-state index in [1.165, 1.54) is 5.56 Å². The number of halogens is 1. The van der Waals surface area contributed by atoms with Crippen LogP contribution < -0.4 is 10.2 Å². The van der Waals surface area contributed by atoms with E-state index in [9.17, 15) is 5.11 Å². The van der Waals surface area contributed by atoms with Gasteiger partial charge in [0.05, 0.1) is 5.60 Å². The van der Waals surface area contributed by atoms with Crippen molar-refractivity contribution in [1.29, 1.82) is 0 Å². The molecule has 0 saturated carbocycles. The number of nitrogens with zero attached hydrogens (tertiary/aromatic N) is 1. The Bertz CT molecular complexity index is 461. The number of aliphatic hydroxyl groups is 1. The molecule has 0 radical (unpaired) electrons. The smallest absolute Gasteiger partial charge is 0.0765 e. The van der Waals surface area contributed by atoms with Crippen LogP contribution in [-0.4, -0.2) is 29.3 Å². The highest BCUT2D eigenvalue weighted by molar-refractivity contribution is 9.10. The average molecular weight is 357 g/mol. The monoisotopic (exact) mass is 356 g/mol. The molecule has 2 N–H and O–H groups in total. The van der Waals surface area contributed by atoms with Crippen molar-refractivity contribution >= 4 is 21.6 Å². The first-order valence-corrected chi connectivity index (χ1v) is 8.32. The molecule has 21 heavy (non-hydrogen) atoms. The highest BCUT2D eigenvalue weighted by Crippen LogP contribution is 2.25. The number of nitrogens with one attached hydrogen (secondary N) is 1. The molecule has 0 saturated heterocycles. The van der Waals surface area contributed by atoms with Crippen LogP contribution in [0.2, 0.25) is 0 Å². The van der Waals surface area contributed by atoms with Crippen molar-refractivity contribution in [3.05, 3.63) is 28.2 Å². The lowest BCUT2D eigenvalue weighted by atomic mass is 10.1. The Balaban J connectivity index is 2.85. The molecule has 0 aliphatic carbocycles. The van der Waals surface area contributed by atoms with Crippen molar-refractivity contribution in [3.63, 3.8) is 0 Å². The number of hydrogen-bond acceptors (Lipinski definition) is 3. The average Bonchev–Trinajstić information content (AvgIpc) is 2.32. The minimum absolute atomic E-state index is 0.106. The van der Waals surface area contributed by atoms with Gasteiger partial charge in [-0.2, -0.15) is 0 Å². The first kappa shape index (κ1) is 18.5. The minimum Gasteiger partial charge on any atom is -0.389 e. The Kier molecular flexibility index (Phi) is 6.26. The lowest BCUT2D eigenvalue weighted by Gasteiger charge is -2.30. The minimum atomic E-state index is -0.699. The van der Waals surface area contributed by atoms with Crippen molar-refractivity contribution < 1.29 is 5.11 Å². The summed E-state index contributed by atoms with van der Waals surface area (Å²) in [5, 5.41) is 13.5. The summed E-state index contributed by atoms with van der Waals surface area (Å²) in [4.78, 5) is 2.19. The molecule has 0 amide bonds. The fourth-order valence-corrected chi connectivity index (χ4v) is 2.60. The van der Waals surface area contributed by atoms with Gasteiger partial charge in [0.25, 0.3) is 0 Å². The molecule has 0 spiro atoms. The largest absolute Gasteiger partial charge is 0.389 e. The molecular formula is C17H29BrN2O. The van der Waals surface area contributed by atoms with Gasteiger partial charge in [0.1, 0.15) is 0 Å². The lowest BCUT2D eigenvalue weighted by Crippen LogP contribution is -2.38. The van der Waals surface area contributed by atoms with Gasteiger partial charge in [0.2, 0.25) is 0 Å². The zero-order chi connectivity index (χ0) is 16.3. The molecule has 0 aliphatic heterocycles. The van der Waals surface area contributed by atoms with E-state index in [1.807, 2.05) is 13.8 Å². The molecular weight excluding hydrogens is 328 g/mol. The summed E-state index contributed by atoms with van der Waals surface area (Å²) in [7, 11) is 0. The van der Waals surface area contributed by atoms with Crippen molar-refractivity contribution in [1.82, 2.24) is 5.32 Å². The van der Waals surface area contributed by atoms with Gasteiger partial charge in [-0.3, -0.25) is 0 Å². The highest BCUT2D eigenvalue weighted by atomic mass is 79.9. The predicted octanol–water partition coefficient (Wildman–Crippen LogP) is 3.93. The van der Waals surface area contributed by atoms with Gasteiger partial charge in [0.15, 0.2) is 0 Å². The van der Waals surface area contributed by atoms with E-state index in [4.69, 9.17) is 0 Å². The first-order valence-electron chi connectivity index (χ1n) is 7.52. The van der Waals surface area contributed by atoms with Gasteiger partial charge in [-0.1, -0.05) is 22.0 Å². The van der Waals surface area contributed by atoms with Crippen LogP contribution in [0.3, 0.4) is 0 Å². The highest BCUT2D eigenvalue weighted by Gasteiger charge is 2.18. The lowest BCUT2D eigenvalue weighted by molar-refractivity contribution is 0.0876. The standard InChI is InChI=1S/C17H29BrN2O/c1-7-20(12-17(5,6)21)14-9-8-13(15(18)10-14)11-19-16(2,3)4/h8-10,19,21H,7,11-12H2,1-6H3. The van der Waals surface area contributed by atoms with Crippen LogP contribution in [0.15, 0.2) is 22.7 Å². The maximum absolute atomic E-state index is 10.0. The summed E-state index contributed by atoms with van der Waals surface area (Å²) < 4.78 is 1.10. The number of rotatable bonds is 6. The molecule has 0 fully saturated rings. The topological polar surface area (TPSA) is 35.5 Å². The Morgan fingerprint density at radius 2 is 1.81 bits per heavy atom. The molecule has 0 aliphatic rings. The molecule has 3 nitrogen and oxygen atoms in total.